The second kappa shape index (κ2) is 8.16. The van der Waals surface area contributed by atoms with Crippen LogP contribution in [0, 0.1) is 24.4 Å². The molecule has 0 spiro atoms. The number of halogens is 3. The SMILES string of the molecule is COc1cccc(N(Cc2ccc(F)cc2F)S(=O)(=O)c2cc(F)ccc2C)c1. The Kier molecular flexibility index (Phi) is 5.83. The number of ether oxygens (including phenoxy) is 1. The highest BCUT2D eigenvalue weighted by molar-refractivity contribution is 7.92. The van der Waals surface area contributed by atoms with Crippen molar-refractivity contribution in [1.82, 2.24) is 0 Å². The molecule has 0 radical (unpaired) electrons. The molecule has 0 aliphatic rings. The van der Waals surface area contributed by atoms with E-state index < -0.39 is 34.0 Å². The van der Waals surface area contributed by atoms with Gasteiger partial charge in [-0.25, -0.2) is 21.6 Å². The lowest BCUT2D eigenvalue weighted by atomic mass is 10.2. The number of rotatable bonds is 6. The van der Waals surface area contributed by atoms with Crippen LogP contribution in [0.4, 0.5) is 18.9 Å². The van der Waals surface area contributed by atoms with Gasteiger partial charge >= 0.3 is 0 Å². The van der Waals surface area contributed by atoms with E-state index in [2.05, 4.69) is 0 Å². The summed E-state index contributed by atoms with van der Waals surface area (Å²) in [5.41, 5.74) is 0.488. The zero-order valence-corrected chi connectivity index (χ0v) is 16.5. The number of methoxy groups -OCH3 is 1. The third-order valence-corrected chi connectivity index (χ3v) is 6.30. The summed E-state index contributed by atoms with van der Waals surface area (Å²) in [6, 6.07) is 12.5. The largest absolute Gasteiger partial charge is 0.497 e. The van der Waals surface area contributed by atoms with E-state index in [1.807, 2.05) is 0 Å². The van der Waals surface area contributed by atoms with Gasteiger partial charge in [-0.2, -0.15) is 0 Å². The van der Waals surface area contributed by atoms with Crippen molar-refractivity contribution < 1.29 is 26.3 Å². The van der Waals surface area contributed by atoms with Gasteiger partial charge in [0.1, 0.15) is 23.2 Å². The average molecular weight is 421 g/mol. The fourth-order valence-corrected chi connectivity index (χ4v) is 4.53. The molecule has 0 heterocycles. The van der Waals surface area contributed by atoms with Crippen molar-refractivity contribution in [3.8, 4) is 5.75 Å². The molecule has 0 saturated carbocycles. The predicted octanol–water partition coefficient (Wildman–Crippen LogP) is 4.82. The fourth-order valence-electron chi connectivity index (χ4n) is 2.86. The summed E-state index contributed by atoms with van der Waals surface area (Å²) in [6.45, 7) is 1.12. The zero-order valence-electron chi connectivity index (χ0n) is 15.7. The van der Waals surface area contributed by atoms with Crippen LogP contribution in [-0.4, -0.2) is 15.5 Å². The maximum absolute atomic E-state index is 14.3. The molecule has 0 atom stereocenters. The highest BCUT2D eigenvalue weighted by Crippen LogP contribution is 2.31. The topological polar surface area (TPSA) is 46.6 Å². The van der Waals surface area contributed by atoms with Gasteiger partial charge in [-0.1, -0.05) is 18.2 Å². The van der Waals surface area contributed by atoms with Gasteiger partial charge in [-0.15, -0.1) is 0 Å². The Morgan fingerprint density at radius 3 is 2.31 bits per heavy atom. The molecule has 0 bridgehead atoms. The van der Waals surface area contributed by atoms with Crippen molar-refractivity contribution in [1.29, 1.82) is 0 Å². The monoisotopic (exact) mass is 421 g/mol. The number of nitrogens with zero attached hydrogens (tertiary/aromatic N) is 1. The molecule has 8 heteroatoms. The predicted molar refractivity (Wildman–Crippen MR) is 104 cm³/mol. The Hall–Kier alpha value is -3.00. The summed E-state index contributed by atoms with van der Waals surface area (Å²) in [5.74, 6) is -1.99. The maximum Gasteiger partial charge on any atom is 0.264 e. The Labute approximate surface area is 167 Å². The number of sulfonamides is 1. The van der Waals surface area contributed by atoms with Crippen molar-refractivity contribution in [3.05, 3.63) is 89.2 Å². The van der Waals surface area contributed by atoms with E-state index in [-0.39, 0.29) is 16.1 Å². The van der Waals surface area contributed by atoms with Gasteiger partial charge in [-0.05, 0) is 42.8 Å². The first-order valence-corrected chi connectivity index (χ1v) is 10.0. The number of hydrogen-bond acceptors (Lipinski definition) is 3. The van der Waals surface area contributed by atoms with Crippen LogP contribution in [0.3, 0.4) is 0 Å². The first kappa shape index (κ1) is 20.7. The molecule has 0 aromatic heterocycles. The number of benzene rings is 3. The summed E-state index contributed by atoms with van der Waals surface area (Å²) in [6.07, 6.45) is 0. The molecule has 3 rings (SSSR count). The van der Waals surface area contributed by atoms with Crippen LogP contribution in [-0.2, 0) is 16.6 Å². The normalized spacial score (nSPS) is 11.3. The third-order valence-electron chi connectivity index (χ3n) is 4.39. The van der Waals surface area contributed by atoms with Crippen molar-refractivity contribution in [2.45, 2.75) is 18.4 Å². The molecule has 0 amide bonds. The van der Waals surface area contributed by atoms with Crippen LogP contribution in [0.1, 0.15) is 11.1 Å². The van der Waals surface area contributed by atoms with Gasteiger partial charge in [0.15, 0.2) is 0 Å². The van der Waals surface area contributed by atoms with Crippen molar-refractivity contribution in [3.63, 3.8) is 0 Å². The van der Waals surface area contributed by atoms with E-state index in [1.165, 1.54) is 38.3 Å². The first-order chi connectivity index (χ1) is 13.7. The molecule has 29 heavy (non-hydrogen) atoms. The minimum atomic E-state index is -4.28. The Bertz CT molecular complexity index is 1150. The van der Waals surface area contributed by atoms with Crippen LogP contribution in [0.25, 0.3) is 0 Å². The fraction of sp³-hybridized carbons (Fsp3) is 0.143. The zero-order chi connectivity index (χ0) is 21.2. The van der Waals surface area contributed by atoms with E-state index in [1.54, 1.807) is 12.1 Å². The van der Waals surface area contributed by atoms with Crippen LogP contribution < -0.4 is 9.04 Å². The molecule has 0 aliphatic heterocycles. The molecule has 0 aliphatic carbocycles. The Morgan fingerprint density at radius 2 is 1.62 bits per heavy atom. The lowest BCUT2D eigenvalue weighted by molar-refractivity contribution is 0.415. The quantitative estimate of drug-likeness (QED) is 0.574. The highest BCUT2D eigenvalue weighted by Gasteiger charge is 2.28. The number of hydrogen-bond donors (Lipinski definition) is 0. The summed E-state index contributed by atoms with van der Waals surface area (Å²) in [7, 11) is -2.86. The van der Waals surface area contributed by atoms with E-state index >= 15 is 0 Å². The molecule has 0 fully saturated rings. The standard InChI is InChI=1S/C21H18F3NO3S/c1-14-6-8-17(23)11-21(14)29(26,27)25(18-4-3-5-19(12-18)28-2)13-15-7-9-16(22)10-20(15)24/h3-12H,13H2,1-2H3. The highest BCUT2D eigenvalue weighted by atomic mass is 32.2. The van der Waals surface area contributed by atoms with E-state index in [9.17, 15) is 21.6 Å². The van der Waals surface area contributed by atoms with Crippen LogP contribution in [0.5, 0.6) is 5.75 Å². The molecule has 3 aromatic rings. The summed E-state index contributed by atoms with van der Waals surface area (Å²) in [5, 5.41) is 0. The summed E-state index contributed by atoms with van der Waals surface area (Å²) >= 11 is 0. The van der Waals surface area contributed by atoms with E-state index in [0.29, 0.717) is 17.4 Å². The van der Waals surface area contributed by atoms with Crippen LogP contribution in [0.15, 0.2) is 65.6 Å². The molecule has 0 unspecified atom stereocenters. The van der Waals surface area contributed by atoms with Crippen molar-refractivity contribution in [2.75, 3.05) is 11.4 Å². The number of aryl methyl sites for hydroxylation is 1. The van der Waals surface area contributed by atoms with Crippen LogP contribution in [0.2, 0.25) is 0 Å². The van der Waals surface area contributed by atoms with Gasteiger partial charge in [0.25, 0.3) is 10.0 Å². The van der Waals surface area contributed by atoms with E-state index in [4.69, 9.17) is 4.74 Å². The van der Waals surface area contributed by atoms with Gasteiger partial charge < -0.3 is 4.74 Å². The molecular formula is C21H18F3NO3S. The van der Waals surface area contributed by atoms with Gasteiger partial charge in [0.05, 0.1) is 24.2 Å². The van der Waals surface area contributed by atoms with Gasteiger partial charge in [0, 0.05) is 17.7 Å². The molecular weight excluding hydrogens is 403 g/mol. The van der Waals surface area contributed by atoms with Gasteiger partial charge in [-0.3, -0.25) is 4.31 Å². The van der Waals surface area contributed by atoms with Crippen LogP contribution >= 0.6 is 0 Å². The molecule has 4 nitrogen and oxygen atoms in total. The number of anilines is 1. The summed E-state index contributed by atoms with van der Waals surface area (Å²) < 4.78 is 74.2. The molecule has 0 N–H and O–H groups in total. The third kappa shape index (κ3) is 4.37. The minimum absolute atomic E-state index is 0.0353. The molecule has 0 saturated heterocycles. The summed E-state index contributed by atoms with van der Waals surface area (Å²) in [4.78, 5) is -0.247. The minimum Gasteiger partial charge on any atom is -0.497 e. The molecule has 152 valence electrons. The smallest absolute Gasteiger partial charge is 0.264 e. The Morgan fingerprint density at radius 1 is 0.931 bits per heavy atom. The van der Waals surface area contributed by atoms with Crippen molar-refractivity contribution >= 4 is 15.7 Å². The Balaban J connectivity index is 2.17. The second-order valence-corrected chi connectivity index (χ2v) is 8.19. The van der Waals surface area contributed by atoms with Crippen molar-refractivity contribution in [2.24, 2.45) is 0 Å². The van der Waals surface area contributed by atoms with Gasteiger partial charge in [0.2, 0.25) is 0 Å². The lowest BCUT2D eigenvalue weighted by Gasteiger charge is -2.26. The second-order valence-electron chi connectivity index (χ2n) is 6.36. The maximum atomic E-state index is 14.3. The first-order valence-electron chi connectivity index (χ1n) is 8.59. The average Bonchev–Trinajstić information content (AvgIpc) is 2.69. The molecule has 3 aromatic carbocycles. The lowest BCUT2D eigenvalue weighted by Crippen LogP contribution is -2.31. The van der Waals surface area contributed by atoms with E-state index in [0.717, 1.165) is 22.5 Å².